The second-order valence-corrected chi connectivity index (χ2v) is 8.14. The molecule has 0 saturated heterocycles. The van der Waals surface area contributed by atoms with Gasteiger partial charge in [-0.15, -0.1) is 0 Å². The lowest BCUT2D eigenvalue weighted by Gasteiger charge is -2.34. The Balaban J connectivity index is 1.69. The van der Waals surface area contributed by atoms with Crippen LogP contribution in [0.4, 0.5) is 4.39 Å². The highest BCUT2D eigenvalue weighted by atomic mass is 32.2. The quantitative estimate of drug-likeness (QED) is 0.526. The minimum absolute atomic E-state index is 0.0529. The maximum atomic E-state index is 14.5. The van der Waals surface area contributed by atoms with Crippen LogP contribution in [0.5, 0.6) is 0 Å². The molecule has 0 spiro atoms. The van der Waals surface area contributed by atoms with Gasteiger partial charge in [0, 0.05) is 24.0 Å². The number of rotatable bonds is 5. The van der Waals surface area contributed by atoms with E-state index in [2.05, 4.69) is 30.3 Å². The van der Waals surface area contributed by atoms with Crippen LogP contribution < -0.4 is 0 Å². The monoisotopic (exact) mass is 382 g/mol. The van der Waals surface area contributed by atoms with Crippen LogP contribution in [0.1, 0.15) is 24.8 Å². The van der Waals surface area contributed by atoms with E-state index >= 15 is 0 Å². The van der Waals surface area contributed by atoms with Gasteiger partial charge in [0.1, 0.15) is 11.4 Å². The summed E-state index contributed by atoms with van der Waals surface area (Å²) in [7, 11) is 3.40. The normalized spacial score (nSPS) is 22.4. The number of hydrogen-bond acceptors (Lipinski definition) is 3. The Bertz CT molecular complexity index is 958. The number of methoxy groups -OCH3 is 2. The minimum atomic E-state index is -0.574. The standard InChI is InChI=1S/C23H23FO2S/c1-25-22-8-5-11-23(22,26-2)18-13-19(24)15-21(14-18)27-20-10-9-16-6-3-4-7-17(16)12-20/h3-4,6-7,9-10,12-15,22H,5,8,11H2,1-2H3. The highest BCUT2D eigenvalue weighted by molar-refractivity contribution is 7.99. The largest absolute Gasteiger partial charge is 0.378 e. The van der Waals surface area contributed by atoms with Crippen molar-refractivity contribution in [2.75, 3.05) is 14.2 Å². The number of benzene rings is 3. The summed E-state index contributed by atoms with van der Waals surface area (Å²) in [5.41, 5.74) is 0.285. The fourth-order valence-electron chi connectivity index (χ4n) is 4.17. The van der Waals surface area contributed by atoms with Gasteiger partial charge < -0.3 is 9.47 Å². The molecule has 1 fully saturated rings. The molecular weight excluding hydrogens is 359 g/mol. The third-order valence-corrected chi connectivity index (χ3v) is 6.46. The van der Waals surface area contributed by atoms with Crippen molar-refractivity contribution in [2.45, 2.75) is 40.8 Å². The molecule has 27 heavy (non-hydrogen) atoms. The molecule has 2 nitrogen and oxygen atoms in total. The second kappa shape index (κ2) is 7.63. The lowest BCUT2D eigenvalue weighted by molar-refractivity contribution is -0.104. The number of fused-ring (bicyclic) bond motifs is 1. The SMILES string of the molecule is COC1CCCC1(OC)c1cc(F)cc(Sc2ccc3ccccc3c2)c1. The Morgan fingerprint density at radius 3 is 2.56 bits per heavy atom. The summed E-state index contributed by atoms with van der Waals surface area (Å²) >= 11 is 1.57. The molecule has 3 aromatic carbocycles. The number of ether oxygens (including phenoxy) is 2. The molecule has 4 heteroatoms. The van der Waals surface area contributed by atoms with Gasteiger partial charge in [0.25, 0.3) is 0 Å². The van der Waals surface area contributed by atoms with Gasteiger partial charge in [-0.25, -0.2) is 4.39 Å². The zero-order chi connectivity index (χ0) is 18.9. The van der Waals surface area contributed by atoms with Crippen LogP contribution in [0.15, 0.2) is 70.5 Å². The molecule has 0 aliphatic heterocycles. The first-order valence-electron chi connectivity index (χ1n) is 9.20. The zero-order valence-corrected chi connectivity index (χ0v) is 16.4. The molecule has 0 heterocycles. The summed E-state index contributed by atoms with van der Waals surface area (Å²) in [4.78, 5) is 1.96. The Morgan fingerprint density at radius 2 is 1.78 bits per heavy atom. The molecule has 0 amide bonds. The van der Waals surface area contributed by atoms with Crippen molar-refractivity contribution < 1.29 is 13.9 Å². The molecular formula is C23H23FO2S. The number of halogens is 1. The smallest absolute Gasteiger partial charge is 0.124 e. The molecule has 0 bridgehead atoms. The van der Waals surface area contributed by atoms with Crippen LogP contribution in [0, 0.1) is 5.82 Å². The van der Waals surface area contributed by atoms with Crippen molar-refractivity contribution in [3.63, 3.8) is 0 Å². The lowest BCUT2D eigenvalue weighted by atomic mass is 9.89. The first-order chi connectivity index (χ1) is 13.1. The van der Waals surface area contributed by atoms with E-state index in [4.69, 9.17) is 9.47 Å². The first kappa shape index (κ1) is 18.5. The fourth-order valence-corrected chi connectivity index (χ4v) is 5.12. The van der Waals surface area contributed by atoms with Crippen LogP contribution in [0.3, 0.4) is 0 Å². The van der Waals surface area contributed by atoms with Crippen molar-refractivity contribution >= 4 is 22.5 Å². The Hall–Kier alpha value is -1.88. The Kier molecular flexibility index (Phi) is 5.22. The Morgan fingerprint density at radius 1 is 0.963 bits per heavy atom. The minimum Gasteiger partial charge on any atom is -0.378 e. The number of hydrogen-bond donors (Lipinski definition) is 0. The van der Waals surface area contributed by atoms with Crippen LogP contribution >= 0.6 is 11.8 Å². The van der Waals surface area contributed by atoms with E-state index in [1.54, 1.807) is 38.1 Å². The van der Waals surface area contributed by atoms with E-state index < -0.39 is 5.60 Å². The van der Waals surface area contributed by atoms with Crippen molar-refractivity contribution in [1.82, 2.24) is 0 Å². The summed E-state index contributed by atoms with van der Waals surface area (Å²) in [6.45, 7) is 0. The van der Waals surface area contributed by atoms with Crippen LogP contribution in [-0.4, -0.2) is 20.3 Å². The molecule has 1 aliphatic rings. The van der Waals surface area contributed by atoms with E-state index in [0.717, 1.165) is 34.6 Å². The van der Waals surface area contributed by atoms with Gasteiger partial charge in [-0.05, 0) is 65.9 Å². The summed E-state index contributed by atoms with van der Waals surface area (Å²) in [5, 5.41) is 2.39. The zero-order valence-electron chi connectivity index (χ0n) is 15.6. The van der Waals surface area contributed by atoms with Crippen molar-refractivity contribution in [3.05, 3.63) is 72.0 Å². The third kappa shape index (κ3) is 3.49. The van der Waals surface area contributed by atoms with Crippen LogP contribution in [-0.2, 0) is 15.1 Å². The van der Waals surface area contributed by atoms with E-state index in [9.17, 15) is 4.39 Å². The molecule has 0 aromatic heterocycles. The maximum absolute atomic E-state index is 14.5. The van der Waals surface area contributed by atoms with Gasteiger partial charge in [-0.3, -0.25) is 0 Å². The molecule has 140 valence electrons. The maximum Gasteiger partial charge on any atom is 0.124 e. The van der Waals surface area contributed by atoms with E-state index in [1.165, 1.54) is 10.8 Å². The fraction of sp³-hybridized carbons (Fsp3) is 0.304. The second-order valence-electron chi connectivity index (χ2n) is 7.00. The van der Waals surface area contributed by atoms with Crippen LogP contribution in [0.25, 0.3) is 10.8 Å². The predicted molar refractivity (Wildman–Crippen MR) is 108 cm³/mol. The molecule has 1 aliphatic carbocycles. The van der Waals surface area contributed by atoms with Gasteiger partial charge in [-0.1, -0.05) is 42.1 Å². The molecule has 2 unspecified atom stereocenters. The molecule has 0 N–H and O–H groups in total. The predicted octanol–water partition coefficient (Wildman–Crippen LogP) is 6.17. The highest BCUT2D eigenvalue weighted by Crippen LogP contribution is 2.45. The van der Waals surface area contributed by atoms with E-state index in [1.807, 2.05) is 18.2 Å². The van der Waals surface area contributed by atoms with Crippen molar-refractivity contribution in [3.8, 4) is 0 Å². The van der Waals surface area contributed by atoms with Crippen molar-refractivity contribution in [1.29, 1.82) is 0 Å². The average Bonchev–Trinajstić information content (AvgIpc) is 3.12. The molecule has 2 atom stereocenters. The molecule has 3 aromatic rings. The lowest BCUT2D eigenvalue weighted by Crippen LogP contribution is -2.38. The van der Waals surface area contributed by atoms with Gasteiger partial charge in [0.15, 0.2) is 0 Å². The molecule has 1 saturated carbocycles. The average molecular weight is 383 g/mol. The Labute approximate surface area is 163 Å². The summed E-state index contributed by atoms with van der Waals surface area (Å²) in [6, 6.07) is 19.8. The van der Waals surface area contributed by atoms with Crippen LogP contribution in [0.2, 0.25) is 0 Å². The van der Waals surface area contributed by atoms with Gasteiger partial charge in [0.05, 0.1) is 6.10 Å². The van der Waals surface area contributed by atoms with E-state index in [-0.39, 0.29) is 11.9 Å². The van der Waals surface area contributed by atoms with Gasteiger partial charge >= 0.3 is 0 Å². The topological polar surface area (TPSA) is 18.5 Å². The molecule has 0 radical (unpaired) electrons. The van der Waals surface area contributed by atoms with Gasteiger partial charge in [-0.2, -0.15) is 0 Å². The van der Waals surface area contributed by atoms with E-state index in [0.29, 0.717) is 0 Å². The summed E-state index contributed by atoms with van der Waals surface area (Å²) in [6.07, 6.45) is 2.72. The molecule has 4 rings (SSSR count). The summed E-state index contributed by atoms with van der Waals surface area (Å²) < 4.78 is 26.0. The third-order valence-electron chi connectivity index (χ3n) is 5.50. The highest BCUT2D eigenvalue weighted by Gasteiger charge is 2.45. The van der Waals surface area contributed by atoms with Gasteiger partial charge in [0.2, 0.25) is 0 Å². The summed E-state index contributed by atoms with van der Waals surface area (Å²) in [5.74, 6) is -0.242. The first-order valence-corrected chi connectivity index (χ1v) is 10.0. The van der Waals surface area contributed by atoms with Crippen molar-refractivity contribution in [2.24, 2.45) is 0 Å².